The molecule has 2 aliphatic heterocycles. The molecule has 2 aliphatic rings. The van der Waals surface area contributed by atoms with Crippen LogP contribution in [0, 0.1) is 0 Å². The number of carbonyl (C=O) groups excluding carboxylic acids is 2. The molecule has 0 unspecified atom stereocenters. The van der Waals surface area contributed by atoms with Gasteiger partial charge in [-0.1, -0.05) is 0 Å². The number of likely N-dealkylation sites (N-methyl/N-ethyl adjacent to an activating group) is 1. The lowest BCUT2D eigenvalue weighted by atomic mass is 10.1. The van der Waals surface area contributed by atoms with Gasteiger partial charge in [-0.2, -0.15) is 0 Å². The lowest BCUT2D eigenvalue weighted by Gasteiger charge is -2.30. The number of imidazole rings is 1. The highest BCUT2D eigenvalue weighted by Crippen LogP contribution is 2.25. The molecular formula is C20H27N5O3. The van der Waals surface area contributed by atoms with E-state index in [0.717, 1.165) is 18.5 Å². The summed E-state index contributed by atoms with van der Waals surface area (Å²) in [6, 6.07) is 4.12. The molecule has 4 heterocycles. The van der Waals surface area contributed by atoms with Crippen LogP contribution in [0.15, 0.2) is 30.7 Å². The highest BCUT2D eigenvalue weighted by atomic mass is 16.5. The van der Waals surface area contributed by atoms with Gasteiger partial charge in [-0.05, 0) is 32.0 Å². The minimum absolute atomic E-state index is 0.0863. The SMILES string of the molecule is CN1[C@@H](CC(=O)N2CCOCC2)CC[C@H]1CNC(=O)c1ccc2nccn2c1. The average molecular weight is 385 g/mol. The van der Waals surface area contributed by atoms with Crippen LogP contribution in [0.3, 0.4) is 0 Å². The van der Waals surface area contributed by atoms with Crippen LogP contribution in [0.5, 0.6) is 0 Å². The van der Waals surface area contributed by atoms with Gasteiger partial charge < -0.3 is 19.4 Å². The first-order valence-electron chi connectivity index (χ1n) is 9.90. The van der Waals surface area contributed by atoms with E-state index < -0.39 is 0 Å². The van der Waals surface area contributed by atoms with Gasteiger partial charge in [0.1, 0.15) is 5.65 Å². The Kier molecular flexibility index (Phi) is 5.59. The number of hydrogen-bond acceptors (Lipinski definition) is 5. The minimum Gasteiger partial charge on any atom is -0.378 e. The molecule has 0 bridgehead atoms. The number of carbonyl (C=O) groups is 2. The third kappa shape index (κ3) is 4.02. The number of rotatable bonds is 5. The van der Waals surface area contributed by atoms with Crippen LogP contribution in [0.4, 0.5) is 0 Å². The van der Waals surface area contributed by atoms with Crippen molar-refractivity contribution in [1.82, 2.24) is 24.5 Å². The molecule has 2 fully saturated rings. The zero-order chi connectivity index (χ0) is 19.5. The number of morpholine rings is 1. The number of likely N-dealkylation sites (tertiary alicyclic amines) is 1. The summed E-state index contributed by atoms with van der Waals surface area (Å²) in [5, 5.41) is 3.04. The second-order valence-corrected chi connectivity index (χ2v) is 7.57. The van der Waals surface area contributed by atoms with Gasteiger partial charge in [0.25, 0.3) is 5.91 Å². The quantitative estimate of drug-likeness (QED) is 0.823. The van der Waals surface area contributed by atoms with Crippen molar-refractivity contribution < 1.29 is 14.3 Å². The summed E-state index contributed by atoms with van der Waals surface area (Å²) in [6.07, 6.45) is 7.83. The number of nitrogens with zero attached hydrogens (tertiary/aromatic N) is 4. The van der Waals surface area contributed by atoms with E-state index in [0.29, 0.717) is 44.8 Å². The minimum atomic E-state index is -0.0863. The Morgan fingerprint density at radius 3 is 2.82 bits per heavy atom. The Labute approximate surface area is 164 Å². The summed E-state index contributed by atoms with van der Waals surface area (Å²) < 4.78 is 7.16. The largest absolute Gasteiger partial charge is 0.378 e. The molecule has 2 aromatic rings. The van der Waals surface area contributed by atoms with Gasteiger partial charge in [0.2, 0.25) is 5.91 Å². The Morgan fingerprint density at radius 2 is 2.00 bits per heavy atom. The van der Waals surface area contributed by atoms with E-state index >= 15 is 0 Å². The summed E-state index contributed by atoms with van der Waals surface area (Å²) in [7, 11) is 2.05. The number of fused-ring (bicyclic) bond motifs is 1. The highest BCUT2D eigenvalue weighted by molar-refractivity contribution is 5.94. The van der Waals surface area contributed by atoms with E-state index in [-0.39, 0.29) is 23.9 Å². The van der Waals surface area contributed by atoms with E-state index in [2.05, 4.69) is 22.2 Å². The van der Waals surface area contributed by atoms with Crippen molar-refractivity contribution in [3.63, 3.8) is 0 Å². The number of amides is 2. The van der Waals surface area contributed by atoms with Crippen LogP contribution in [0.25, 0.3) is 5.65 Å². The highest BCUT2D eigenvalue weighted by Gasteiger charge is 2.33. The molecule has 8 nitrogen and oxygen atoms in total. The summed E-state index contributed by atoms with van der Waals surface area (Å²) in [5.41, 5.74) is 1.44. The normalized spacial score (nSPS) is 23.2. The first-order chi connectivity index (χ1) is 13.6. The van der Waals surface area contributed by atoms with Gasteiger partial charge in [-0.15, -0.1) is 0 Å². The van der Waals surface area contributed by atoms with E-state index in [9.17, 15) is 9.59 Å². The fourth-order valence-corrected chi connectivity index (χ4v) is 4.09. The monoisotopic (exact) mass is 385 g/mol. The molecule has 0 aliphatic carbocycles. The maximum absolute atomic E-state index is 12.5. The van der Waals surface area contributed by atoms with Crippen molar-refractivity contribution in [3.8, 4) is 0 Å². The van der Waals surface area contributed by atoms with E-state index in [1.54, 1.807) is 18.5 Å². The third-order valence-electron chi connectivity index (χ3n) is 5.91. The second-order valence-electron chi connectivity index (χ2n) is 7.57. The van der Waals surface area contributed by atoms with Crippen LogP contribution >= 0.6 is 0 Å². The van der Waals surface area contributed by atoms with Crippen LogP contribution in [0.2, 0.25) is 0 Å². The lowest BCUT2D eigenvalue weighted by molar-refractivity contribution is -0.136. The molecule has 2 atom stereocenters. The fourth-order valence-electron chi connectivity index (χ4n) is 4.09. The van der Waals surface area contributed by atoms with Gasteiger partial charge in [0.15, 0.2) is 0 Å². The Hall–Kier alpha value is -2.45. The van der Waals surface area contributed by atoms with E-state index in [4.69, 9.17) is 4.74 Å². The lowest BCUT2D eigenvalue weighted by Crippen LogP contribution is -2.45. The number of pyridine rings is 1. The molecule has 0 aromatic carbocycles. The van der Waals surface area contributed by atoms with Gasteiger partial charge in [0.05, 0.1) is 18.8 Å². The van der Waals surface area contributed by atoms with Gasteiger partial charge in [-0.25, -0.2) is 4.98 Å². The van der Waals surface area contributed by atoms with E-state index in [1.807, 2.05) is 21.6 Å². The van der Waals surface area contributed by atoms with Gasteiger partial charge >= 0.3 is 0 Å². The molecule has 28 heavy (non-hydrogen) atoms. The standard InChI is InChI=1S/C20H27N5O3/c1-23-16(12-19(26)24-8-10-28-11-9-24)3-4-17(23)13-22-20(27)15-2-5-18-21-6-7-25(18)14-15/h2,5-7,14,16-17H,3-4,8-13H2,1H3,(H,22,27)/t16-,17+/m1/s1. The Morgan fingerprint density at radius 1 is 1.21 bits per heavy atom. The van der Waals surface area contributed by atoms with Gasteiger partial charge in [0, 0.05) is 56.7 Å². The Balaban J connectivity index is 1.28. The predicted octanol–water partition coefficient (Wildman–Crippen LogP) is 0.776. The van der Waals surface area contributed by atoms with Crippen molar-refractivity contribution in [2.45, 2.75) is 31.3 Å². The first-order valence-corrected chi connectivity index (χ1v) is 9.90. The molecule has 0 saturated carbocycles. The predicted molar refractivity (Wildman–Crippen MR) is 104 cm³/mol. The average Bonchev–Trinajstić information content (AvgIpc) is 3.33. The number of hydrogen-bond donors (Lipinski definition) is 1. The molecule has 2 amide bonds. The molecule has 2 aromatic heterocycles. The molecular weight excluding hydrogens is 358 g/mol. The summed E-state index contributed by atoms with van der Waals surface area (Å²) in [5.74, 6) is 0.121. The van der Waals surface area contributed by atoms with Crippen molar-refractivity contribution in [2.75, 3.05) is 39.9 Å². The molecule has 150 valence electrons. The Bertz CT molecular complexity index is 845. The van der Waals surface area contributed by atoms with Crippen LogP contribution in [-0.2, 0) is 9.53 Å². The summed E-state index contributed by atoms with van der Waals surface area (Å²) in [4.78, 5) is 33.4. The van der Waals surface area contributed by atoms with Crippen LogP contribution in [-0.4, -0.2) is 83.0 Å². The van der Waals surface area contributed by atoms with E-state index in [1.165, 1.54) is 0 Å². The summed E-state index contributed by atoms with van der Waals surface area (Å²) >= 11 is 0. The zero-order valence-corrected chi connectivity index (χ0v) is 16.2. The molecule has 4 rings (SSSR count). The molecule has 8 heteroatoms. The maximum Gasteiger partial charge on any atom is 0.252 e. The maximum atomic E-state index is 12.5. The van der Waals surface area contributed by atoms with Crippen LogP contribution in [0.1, 0.15) is 29.6 Å². The van der Waals surface area contributed by atoms with Crippen molar-refractivity contribution in [3.05, 3.63) is 36.3 Å². The van der Waals surface area contributed by atoms with Crippen molar-refractivity contribution in [1.29, 1.82) is 0 Å². The fraction of sp³-hybridized carbons (Fsp3) is 0.550. The van der Waals surface area contributed by atoms with Crippen LogP contribution < -0.4 is 5.32 Å². The van der Waals surface area contributed by atoms with Crippen molar-refractivity contribution in [2.24, 2.45) is 0 Å². The molecule has 1 N–H and O–H groups in total. The van der Waals surface area contributed by atoms with Gasteiger partial charge in [-0.3, -0.25) is 14.5 Å². The zero-order valence-electron chi connectivity index (χ0n) is 16.2. The third-order valence-corrected chi connectivity index (χ3v) is 5.91. The topological polar surface area (TPSA) is 79.2 Å². The number of ether oxygens (including phenoxy) is 1. The first kappa shape index (κ1) is 18.9. The molecule has 0 radical (unpaired) electrons. The van der Waals surface area contributed by atoms with Crippen molar-refractivity contribution >= 4 is 17.5 Å². The molecule has 0 spiro atoms. The summed E-state index contributed by atoms with van der Waals surface area (Å²) in [6.45, 7) is 3.23. The molecule has 2 saturated heterocycles. The number of nitrogens with one attached hydrogen (secondary N) is 1. The smallest absolute Gasteiger partial charge is 0.252 e. The second kappa shape index (κ2) is 8.28. The number of aromatic nitrogens is 2.